The van der Waals surface area contributed by atoms with Crippen molar-refractivity contribution in [2.45, 2.75) is 52.5 Å². The fourth-order valence-electron chi connectivity index (χ4n) is 3.07. The van der Waals surface area contributed by atoms with Gasteiger partial charge in [-0.05, 0) is 30.5 Å². The van der Waals surface area contributed by atoms with E-state index in [1.165, 1.54) is 0 Å². The van der Waals surface area contributed by atoms with Gasteiger partial charge >= 0.3 is 5.97 Å². The number of aromatic nitrogens is 4. The van der Waals surface area contributed by atoms with Crippen LogP contribution in [-0.4, -0.2) is 30.8 Å². The van der Waals surface area contributed by atoms with Crippen LogP contribution in [0.1, 0.15) is 67.1 Å². The molecule has 3 rings (SSSR count). The Kier molecular flexibility index (Phi) is 6.19. The molecule has 1 unspecified atom stereocenters. The van der Waals surface area contributed by atoms with Crippen LogP contribution in [-0.2, 0) is 13.0 Å². The van der Waals surface area contributed by atoms with Crippen LogP contribution >= 0.6 is 0 Å². The maximum atomic E-state index is 11.4. The van der Waals surface area contributed by atoms with Gasteiger partial charge in [-0.15, -0.1) is 0 Å². The van der Waals surface area contributed by atoms with Crippen molar-refractivity contribution in [3.05, 3.63) is 65.4 Å². The number of hydrogen-bond donors (Lipinski definition) is 1. The first-order valence-electron chi connectivity index (χ1n) is 9.74. The summed E-state index contributed by atoms with van der Waals surface area (Å²) in [4.78, 5) is 20.4. The van der Waals surface area contributed by atoms with Gasteiger partial charge in [0, 0.05) is 24.1 Å². The molecule has 0 spiro atoms. The molecule has 0 aliphatic rings. The van der Waals surface area contributed by atoms with Crippen molar-refractivity contribution in [2.24, 2.45) is 0 Å². The van der Waals surface area contributed by atoms with Crippen LogP contribution in [0.3, 0.4) is 0 Å². The highest BCUT2D eigenvalue weighted by molar-refractivity contribution is 5.94. The number of carbonyl (C=O) groups is 1. The minimum Gasteiger partial charge on any atom is -0.478 e. The fraction of sp³-hybridized carbons (Fsp3) is 0.364. The van der Waals surface area contributed by atoms with E-state index in [-0.39, 0.29) is 5.56 Å². The van der Waals surface area contributed by atoms with Crippen molar-refractivity contribution in [1.82, 2.24) is 19.7 Å². The average Bonchev–Trinajstić information content (AvgIpc) is 3.10. The summed E-state index contributed by atoms with van der Waals surface area (Å²) in [6.07, 6.45) is 4.55. The number of carboxylic acid groups (broad SMARTS) is 1. The lowest BCUT2D eigenvalue weighted by Crippen LogP contribution is -2.07. The van der Waals surface area contributed by atoms with Crippen molar-refractivity contribution >= 4 is 5.97 Å². The van der Waals surface area contributed by atoms with E-state index in [4.69, 9.17) is 10.1 Å². The third-order valence-electron chi connectivity index (χ3n) is 4.89. The van der Waals surface area contributed by atoms with Gasteiger partial charge in [0.25, 0.3) is 0 Å². The number of nitrogens with zero attached hydrogens (tertiary/aromatic N) is 4. The van der Waals surface area contributed by atoms with Gasteiger partial charge < -0.3 is 5.11 Å². The second-order valence-electron chi connectivity index (χ2n) is 7.00. The molecule has 6 heteroatoms. The number of carboxylic acids is 1. The molecule has 0 saturated carbocycles. The molecule has 3 aromatic rings. The topological polar surface area (TPSA) is 80.9 Å². The smallest absolute Gasteiger partial charge is 0.337 e. The highest BCUT2D eigenvalue weighted by Crippen LogP contribution is 2.22. The Bertz CT molecular complexity index is 947. The number of benzene rings is 1. The Balaban J connectivity index is 1.85. The molecule has 0 saturated heterocycles. The maximum absolute atomic E-state index is 11.4. The van der Waals surface area contributed by atoms with Crippen molar-refractivity contribution in [3.8, 4) is 11.3 Å². The summed E-state index contributed by atoms with van der Waals surface area (Å²) in [5.41, 5.74) is 2.56. The van der Waals surface area contributed by atoms with Crippen LogP contribution in [0, 0.1) is 0 Å². The van der Waals surface area contributed by atoms with Crippen molar-refractivity contribution in [1.29, 1.82) is 0 Å². The third-order valence-corrected chi connectivity index (χ3v) is 4.89. The Morgan fingerprint density at radius 3 is 2.57 bits per heavy atom. The zero-order valence-electron chi connectivity index (χ0n) is 16.6. The van der Waals surface area contributed by atoms with Crippen LogP contribution in [0.5, 0.6) is 0 Å². The Hall–Kier alpha value is -3.02. The molecule has 0 bridgehead atoms. The first-order chi connectivity index (χ1) is 13.5. The van der Waals surface area contributed by atoms with Gasteiger partial charge in [-0.3, -0.25) is 4.98 Å². The SMILES string of the molecule is CCCc1nc(C(C)CC)nn1Cc1ccc(-c2ncccc2C(=O)O)cc1. The van der Waals surface area contributed by atoms with E-state index in [1.54, 1.807) is 18.3 Å². The number of aryl methyl sites for hydroxylation is 1. The number of pyridine rings is 1. The predicted octanol–water partition coefficient (Wildman–Crippen LogP) is 4.55. The lowest BCUT2D eigenvalue weighted by Gasteiger charge is -2.08. The molecular weight excluding hydrogens is 352 g/mol. The van der Waals surface area contributed by atoms with E-state index in [9.17, 15) is 9.90 Å². The van der Waals surface area contributed by atoms with E-state index >= 15 is 0 Å². The zero-order chi connectivity index (χ0) is 20.1. The molecular formula is C22H26N4O2. The van der Waals surface area contributed by atoms with Crippen molar-refractivity contribution in [3.63, 3.8) is 0 Å². The Morgan fingerprint density at radius 2 is 1.93 bits per heavy atom. The van der Waals surface area contributed by atoms with Gasteiger partial charge in [0.2, 0.25) is 0 Å². The van der Waals surface area contributed by atoms with Crippen LogP contribution in [0.4, 0.5) is 0 Å². The Labute approximate surface area is 165 Å². The quantitative estimate of drug-likeness (QED) is 0.622. The number of rotatable bonds is 8. The largest absolute Gasteiger partial charge is 0.478 e. The second-order valence-corrected chi connectivity index (χ2v) is 7.00. The van der Waals surface area contributed by atoms with Crippen molar-refractivity contribution < 1.29 is 9.90 Å². The lowest BCUT2D eigenvalue weighted by atomic mass is 10.0. The summed E-state index contributed by atoms with van der Waals surface area (Å²) in [5, 5.41) is 14.1. The highest BCUT2D eigenvalue weighted by Gasteiger charge is 2.15. The number of aromatic carboxylic acids is 1. The monoisotopic (exact) mass is 378 g/mol. The zero-order valence-corrected chi connectivity index (χ0v) is 16.6. The third kappa shape index (κ3) is 4.27. The minimum atomic E-state index is -0.975. The van der Waals surface area contributed by atoms with E-state index in [2.05, 4.69) is 25.8 Å². The van der Waals surface area contributed by atoms with Crippen LogP contribution in [0.15, 0.2) is 42.6 Å². The van der Waals surface area contributed by atoms with Gasteiger partial charge in [-0.1, -0.05) is 45.0 Å². The average molecular weight is 378 g/mol. The van der Waals surface area contributed by atoms with Gasteiger partial charge in [0.05, 0.1) is 17.8 Å². The first kappa shape index (κ1) is 19.7. The standard InChI is InChI=1S/C22H26N4O2/c1-4-7-19-24-21(15(3)5-2)25-26(19)14-16-9-11-17(12-10-16)20-18(22(27)28)8-6-13-23-20/h6,8-13,15H,4-5,7,14H2,1-3H3,(H,27,28). The first-order valence-corrected chi connectivity index (χ1v) is 9.74. The molecule has 1 atom stereocenters. The van der Waals surface area contributed by atoms with Crippen molar-refractivity contribution in [2.75, 3.05) is 0 Å². The van der Waals surface area contributed by atoms with Crippen LogP contribution in [0.2, 0.25) is 0 Å². The summed E-state index contributed by atoms with van der Waals surface area (Å²) in [6, 6.07) is 11.0. The molecule has 0 radical (unpaired) electrons. The van der Waals surface area contributed by atoms with Gasteiger partial charge in [0.1, 0.15) is 5.82 Å². The van der Waals surface area contributed by atoms with E-state index < -0.39 is 5.97 Å². The molecule has 1 aromatic carbocycles. The minimum absolute atomic E-state index is 0.204. The summed E-state index contributed by atoms with van der Waals surface area (Å²) in [5.74, 6) is 1.29. The van der Waals surface area contributed by atoms with Crippen LogP contribution in [0.25, 0.3) is 11.3 Å². The van der Waals surface area contributed by atoms with E-state index in [0.29, 0.717) is 18.2 Å². The van der Waals surface area contributed by atoms with E-state index in [1.807, 2.05) is 28.9 Å². The molecule has 6 nitrogen and oxygen atoms in total. The molecule has 2 heterocycles. The lowest BCUT2D eigenvalue weighted by molar-refractivity contribution is 0.0697. The normalized spacial score (nSPS) is 12.1. The molecule has 28 heavy (non-hydrogen) atoms. The maximum Gasteiger partial charge on any atom is 0.337 e. The van der Waals surface area contributed by atoms with Gasteiger partial charge in [0.15, 0.2) is 5.82 Å². The van der Waals surface area contributed by atoms with Gasteiger partial charge in [-0.2, -0.15) is 5.10 Å². The summed E-state index contributed by atoms with van der Waals surface area (Å²) in [7, 11) is 0. The van der Waals surface area contributed by atoms with E-state index in [0.717, 1.165) is 42.0 Å². The summed E-state index contributed by atoms with van der Waals surface area (Å²) < 4.78 is 1.99. The van der Waals surface area contributed by atoms with Gasteiger partial charge in [-0.25, -0.2) is 14.5 Å². The Morgan fingerprint density at radius 1 is 1.18 bits per heavy atom. The van der Waals surface area contributed by atoms with Crippen LogP contribution < -0.4 is 0 Å². The molecule has 0 aliphatic carbocycles. The molecule has 0 amide bonds. The molecule has 2 aromatic heterocycles. The summed E-state index contributed by atoms with van der Waals surface area (Å²) in [6.45, 7) is 7.08. The predicted molar refractivity (Wildman–Crippen MR) is 108 cm³/mol. The highest BCUT2D eigenvalue weighted by atomic mass is 16.4. The fourth-order valence-corrected chi connectivity index (χ4v) is 3.07. The molecule has 1 N–H and O–H groups in total. The number of hydrogen-bond acceptors (Lipinski definition) is 4. The summed E-state index contributed by atoms with van der Waals surface area (Å²) >= 11 is 0. The molecule has 0 aliphatic heterocycles. The second kappa shape index (κ2) is 8.78. The molecule has 146 valence electrons. The molecule has 0 fully saturated rings.